The molecule has 0 aliphatic carbocycles. The van der Waals surface area contributed by atoms with Gasteiger partial charge < -0.3 is 9.47 Å². The van der Waals surface area contributed by atoms with Crippen molar-refractivity contribution in [3.05, 3.63) is 35.7 Å². The summed E-state index contributed by atoms with van der Waals surface area (Å²) in [5.74, 6) is 0.511. The van der Waals surface area contributed by atoms with Gasteiger partial charge in [-0.05, 0) is 17.7 Å². The van der Waals surface area contributed by atoms with E-state index in [-0.39, 0.29) is 17.4 Å². The molecule has 0 aliphatic heterocycles. The molecular weight excluding hydrogens is 292 g/mol. The molecule has 0 atom stereocenters. The fourth-order valence-corrected chi connectivity index (χ4v) is 1.79. The highest BCUT2D eigenvalue weighted by atomic mass is 35.5. The molecule has 0 bridgehead atoms. The lowest BCUT2D eigenvalue weighted by Crippen LogP contribution is -2.05. The van der Waals surface area contributed by atoms with Gasteiger partial charge in [-0.25, -0.2) is 4.68 Å². The molecule has 0 fully saturated rings. The maximum atomic E-state index is 12.2. The third-order valence-electron chi connectivity index (χ3n) is 2.51. The maximum Gasteiger partial charge on any atom is 0.387 e. The first kappa shape index (κ1) is 14.5. The molecule has 0 N–H and O–H groups in total. The van der Waals surface area contributed by atoms with E-state index in [0.717, 1.165) is 5.56 Å². The number of hydrogen-bond donors (Lipinski definition) is 0. The van der Waals surface area contributed by atoms with Crippen LogP contribution in [-0.2, 0) is 12.4 Å². The zero-order valence-electron chi connectivity index (χ0n) is 10.6. The van der Waals surface area contributed by atoms with E-state index in [4.69, 9.17) is 16.3 Å². The van der Waals surface area contributed by atoms with Gasteiger partial charge in [0.15, 0.2) is 11.5 Å². The molecule has 8 heteroatoms. The van der Waals surface area contributed by atoms with Gasteiger partial charge in [-0.3, -0.25) is 0 Å². The average molecular weight is 304 g/mol. The molecule has 0 spiro atoms. The Hall–Kier alpha value is -1.89. The largest absolute Gasteiger partial charge is 0.493 e. The summed E-state index contributed by atoms with van der Waals surface area (Å²) in [4.78, 5) is 0. The van der Waals surface area contributed by atoms with Crippen LogP contribution in [0.3, 0.4) is 0 Å². The highest BCUT2D eigenvalue weighted by molar-refractivity contribution is 6.16. The lowest BCUT2D eigenvalue weighted by molar-refractivity contribution is -0.0512. The fourth-order valence-electron chi connectivity index (χ4n) is 1.67. The molecule has 0 radical (unpaired) electrons. The number of halogens is 3. The van der Waals surface area contributed by atoms with Crippen molar-refractivity contribution < 1.29 is 18.3 Å². The van der Waals surface area contributed by atoms with Gasteiger partial charge in [0.1, 0.15) is 0 Å². The van der Waals surface area contributed by atoms with Crippen LogP contribution in [-0.4, -0.2) is 28.7 Å². The third-order valence-corrected chi connectivity index (χ3v) is 2.79. The van der Waals surface area contributed by atoms with Crippen LogP contribution in [0.5, 0.6) is 11.5 Å². The van der Waals surface area contributed by atoms with Crippen molar-refractivity contribution in [2.24, 2.45) is 0 Å². The number of methoxy groups -OCH3 is 1. The lowest BCUT2D eigenvalue weighted by Gasteiger charge is -2.11. The van der Waals surface area contributed by atoms with Crippen LogP contribution >= 0.6 is 11.6 Å². The van der Waals surface area contributed by atoms with Crippen LogP contribution in [0.25, 0.3) is 0 Å². The van der Waals surface area contributed by atoms with Crippen LogP contribution in [0.1, 0.15) is 11.3 Å². The van der Waals surface area contributed by atoms with E-state index in [0.29, 0.717) is 12.2 Å². The molecule has 0 unspecified atom stereocenters. The smallest absolute Gasteiger partial charge is 0.387 e. The minimum atomic E-state index is -2.89. The Labute approximate surface area is 119 Å². The van der Waals surface area contributed by atoms with Crippen molar-refractivity contribution >= 4 is 11.6 Å². The summed E-state index contributed by atoms with van der Waals surface area (Å²) in [5.41, 5.74) is 1.48. The Morgan fingerprint density at radius 1 is 1.35 bits per heavy atom. The average Bonchev–Trinajstić information content (AvgIpc) is 2.87. The van der Waals surface area contributed by atoms with E-state index < -0.39 is 6.61 Å². The first-order valence-corrected chi connectivity index (χ1v) is 6.22. The van der Waals surface area contributed by atoms with Crippen molar-refractivity contribution in [3.63, 3.8) is 0 Å². The van der Waals surface area contributed by atoms with Crippen LogP contribution in [0.4, 0.5) is 8.78 Å². The number of rotatable bonds is 6. The highest BCUT2D eigenvalue weighted by Gasteiger charge is 2.11. The van der Waals surface area contributed by atoms with Crippen LogP contribution < -0.4 is 9.47 Å². The number of hydrogen-bond acceptors (Lipinski definition) is 4. The van der Waals surface area contributed by atoms with Crippen molar-refractivity contribution in [1.82, 2.24) is 15.0 Å². The first-order chi connectivity index (χ1) is 9.62. The minimum Gasteiger partial charge on any atom is -0.493 e. The van der Waals surface area contributed by atoms with E-state index in [1.807, 2.05) is 0 Å². The predicted molar refractivity (Wildman–Crippen MR) is 68.3 cm³/mol. The zero-order chi connectivity index (χ0) is 14.5. The molecule has 1 heterocycles. The van der Waals surface area contributed by atoms with E-state index in [2.05, 4.69) is 15.0 Å². The van der Waals surface area contributed by atoms with Crippen LogP contribution in [0, 0.1) is 0 Å². The quantitative estimate of drug-likeness (QED) is 0.770. The molecule has 108 valence electrons. The van der Waals surface area contributed by atoms with Gasteiger partial charge in [0.05, 0.1) is 31.4 Å². The standard InChI is InChI=1S/C12H12ClF2N3O2/c1-19-11-4-8(2-3-10(11)20-12(14)15)6-18-7-9(5-13)16-17-18/h2-4,7,12H,5-6H2,1H3. The summed E-state index contributed by atoms with van der Waals surface area (Å²) in [6.07, 6.45) is 1.71. The summed E-state index contributed by atoms with van der Waals surface area (Å²) in [6.45, 7) is -2.47. The fraction of sp³-hybridized carbons (Fsp3) is 0.333. The summed E-state index contributed by atoms with van der Waals surface area (Å²) >= 11 is 5.64. The summed E-state index contributed by atoms with van der Waals surface area (Å²) in [7, 11) is 1.39. The second-order valence-electron chi connectivity index (χ2n) is 3.90. The van der Waals surface area contributed by atoms with Crippen LogP contribution in [0.2, 0.25) is 0 Å². The second kappa shape index (κ2) is 6.51. The van der Waals surface area contributed by atoms with Crippen molar-refractivity contribution in [2.45, 2.75) is 19.0 Å². The van der Waals surface area contributed by atoms with Gasteiger partial charge in [-0.15, -0.1) is 16.7 Å². The Balaban J connectivity index is 2.16. The molecule has 1 aromatic carbocycles. The molecule has 0 saturated carbocycles. The van der Waals surface area contributed by atoms with E-state index in [9.17, 15) is 8.78 Å². The third kappa shape index (κ3) is 3.57. The Morgan fingerprint density at radius 3 is 2.75 bits per heavy atom. The zero-order valence-corrected chi connectivity index (χ0v) is 11.3. The van der Waals surface area contributed by atoms with Crippen molar-refractivity contribution in [3.8, 4) is 11.5 Å². The molecule has 5 nitrogen and oxygen atoms in total. The summed E-state index contributed by atoms with van der Waals surface area (Å²) < 4.78 is 35.4. The van der Waals surface area contributed by atoms with Crippen molar-refractivity contribution in [2.75, 3.05) is 7.11 Å². The molecule has 2 aromatic rings. The van der Waals surface area contributed by atoms with Gasteiger partial charge in [0, 0.05) is 0 Å². The topological polar surface area (TPSA) is 49.2 Å². The summed E-state index contributed by atoms with van der Waals surface area (Å²) in [6, 6.07) is 4.70. The van der Waals surface area contributed by atoms with Gasteiger partial charge in [-0.2, -0.15) is 8.78 Å². The molecule has 2 rings (SSSR count). The number of ether oxygens (including phenoxy) is 2. The monoisotopic (exact) mass is 303 g/mol. The SMILES string of the molecule is COc1cc(Cn2cc(CCl)nn2)ccc1OC(F)F. The molecule has 0 saturated heterocycles. The summed E-state index contributed by atoms with van der Waals surface area (Å²) in [5, 5.41) is 7.76. The normalized spacial score (nSPS) is 10.8. The van der Waals surface area contributed by atoms with E-state index >= 15 is 0 Å². The van der Waals surface area contributed by atoms with E-state index in [1.54, 1.807) is 23.0 Å². The number of aromatic nitrogens is 3. The Kier molecular flexibility index (Phi) is 4.73. The van der Waals surface area contributed by atoms with Gasteiger partial charge in [0.2, 0.25) is 0 Å². The number of alkyl halides is 3. The van der Waals surface area contributed by atoms with Gasteiger partial charge in [0.25, 0.3) is 0 Å². The Morgan fingerprint density at radius 2 is 2.15 bits per heavy atom. The van der Waals surface area contributed by atoms with Crippen molar-refractivity contribution in [1.29, 1.82) is 0 Å². The molecule has 0 aliphatic rings. The predicted octanol–water partition coefficient (Wildman–Crippen LogP) is 2.68. The molecule has 20 heavy (non-hydrogen) atoms. The van der Waals surface area contributed by atoms with Gasteiger partial charge in [-0.1, -0.05) is 11.3 Å². The Bertz CT molecular complexity index is 578. The molecule has 1 aromatic heterocycles. The lowest BCUT2D eigenvalue weighted by atomic mass is 10.2. The maximum absolute atomic E-state index is 12.2. The van der Waals surface area contributed by atoms with Gasteiger partial charge >= 0.3 is 6.61 Å². The first-order valence-electron chi connectivity index (χ1n) is 5.69. The second-order valence-corrected chi connectivity index (χ2v) is 4.17. The molecular formula is C12H12ClF2N3O2. The van der Waals surface area contributed by atoms with E-state index in [1.165, 1.54) is 13.2 Å². The van der Waals surface area contributed by atoms with Crippen LogP contribution in [0.15, 0.2) is 24.4 Å². The molecule has 0 amide bonds. The highest BCUT2D eigenvalue weighted by Crippen LogP contribution is 2.29. The number of nitrogens with zero attached hydrogens (tertiary/aromatic N) is 3. The number of benzene rings is 1. The minimum absolute atomic E-state index is 0.00807.